The minimum absolute atomic E-state index is 0.234. The van der Waals surface area contributed by atoms with Crippen LogP contribution < -0.4 is 0 Å². The Morgan fingerprint density at radius 1 is 1.25 bits per heavy atom. The molecular formula is C12H9BrF2O. The van der Waals surface area contributed by atoms with Crippen molar-refractivity contribution >= 4 is 15.9 Å². The predicted octanol–water partition coefficient (Wildman–Crippen LogP) is 4.35. The van der Waals surface area contributed by atoms with E-state index < -0.39 is 16.5 Å². The number of furan rings is 1. The number of aryl methyl sites for hydroxylation is 1. The summed E-state index contributed by atoms with van der Waals surface area (Å²) in [6.45, 7) is 1.53. The van der Waals surface area contributed by atoms with Gasteiger partial charge in [-0.15, -0.1) is 0 Å². The molecule has 0 aliphatic rings. The van der Waals surface area contributed by atoms with Gasteiger partial charge in [-0.1, -0.05) is 15.9 Å². The molecule has 1 unspecified atom stereocenters. The van der Waals surface area contributed by atoms with E-state index in [0.717, 1.165) is 0 Å². The molecule has 1 atom stereocenters. The van der Waals surface area contributed by atoms with Gasteiger partial charge >= 0.3 is 0 Å². The first-order valence-electron chi connectivity index (χ1n) is 4.72. The van der Waals surface area contributed by atoms with E-state index in [-0.39, 0.29) is 5.56 Å². The molecule has 2 aromatic rings. The average Bonchev–Trinajstić information content (AvgIpc) is 2.75. The molecule has 1 aromatic carbocycles. The van der Waals surface area contributed by atoms with Crippen LogP contribution in [-0.4, -0.2) is 0 Å². The number of hydrogen-bond donors (Lipinski definition) is 0. The number of halogens is 3. The summed E-state index contributed by atoms with van der Waals surface area (Å²) in [7, 11) is 0. The minimum Gasteiger partial charge on any atom is -0.468 e. The van der Waals surface area contributed by atoms with Crippen molar-refractivity contribution in [3.05, 3.63) is 59.1 Å². The first kappa shape index (κ1) is 11.3. The highest BCUT2D eigenvalue weighted by Crippen LogP contribution is 2.33. The van der Waals surface area contributed by atoms with E-state index in [2.05, 4.69) is 15.9 Å². The van der Waals surface area contributed by atoms with E-state index in [9.17, 15) is 8.78 Å². The number of benzene rings is 1. The fraction of sp³-hybridized carbons (Fsp3) is 0.167. The summed E-state index contributed by atoms with van der Waals surface area (Å²) in [6, 6.07) is 5.77. The molecule has 1 nitrogen and oxygen atoms in total. The summed E-state index contributed by atoms with van der Waals surface area (Å²) in [5.74, 6) is -0.327. The standard InChI is InChI=1S/C12H9BrF2O/c1-7-5-10(15)8(6-9(7)14)12(13)11-3-2-4-16-11/h2-6,12H,1H3. The summed E-state index contributed by atoms with van der Waals surface area (Å²) in [5.41, 5.74) is 0.526. The Hall–Kier alpha value is -1.16. The zero-order chi connectivity index (χ0) is 11.7. The topological polar surface area (TPSA) is 13.1 Å². The maximum Gasteiger partial charge on any atom is 0.128 e. The van der Waals surface area contributed by atoms with Crippen LogP contribution in [0.1, 0.15) is 21.7 Å². The van der Waals surface area contributed by atoms with Gasteiger partial charge in [0.1, 0.15) is 22.2 Å². The molecule has 2 rings (SSSR count). The Kier molecular flexibility index (Phi) is 3.10. The molecule has 0 saturated heterocycles. The second-order valence-corrected chi connectivity index (χ2v) is 4.42. The molecule has 0 radical (unpaired) electrons. The molecule has 0 N–H and O–H groups in total. The molecule has 0 aliphatic carbocycles. The van der Waals surface area contributed by atoms with Crippen LogP contribution in [0.5, 0.6) is 0 Å². The van der Waals surface area contributed by atoms with Gasteiger partial charge in [-0.3, -0.25) is 0 Å². The molecule has 16 heavy (non-hydrogen) atoms. The quantitative estimate of drug-likeness (QED) is 0.748. The van der Waals surface area contributed by atoms with Crippen molar-refractivity contribution in [2.75, 3.05) is 0 Å². The lowest BCUT2D eigenvalue weighted by Gasteiger charge is -2.09. The highest BCUT2D eigenvalue weighted by Gasteiger charge is 2.18. The highest BCUT2D eigenvalue weighted by atomic mass is 79.9. The summed E-state index contributed by atoms with van der Waals surface area (Å²) in [4.78, 5) is -0.474. The smallest absolute Gasteiger partial charge is 0.128 e. The summed E-state index contributed by atoms with van der Waals surface area (Å²) < 4.78 is 32.1. The van der Waals surface area contributed by atoms with E-state index in [1.165, 1.54) is 25.3 Å². The van der Waals surface area contributed by atoms with Crippen molar-refractivity contribution in [1.82, 2.24) is 0 Å². The van der Waals surface area contributed by atoms with Crippen LogP contribution in [0.15, 0.2) is 34.9 Å². The summed E-state index contributed by atoms with van der Waals surface area (Å²) in [5, 5.41) is 0. The zero-order valence-corrected chi connectivity index (χ0v) is 10.1. The average molecular weight is 287 g/mol. The van der Waals surface area contributed by atoms with E-state index in [4.69, 9.17) is 4.42 Å². The van der Waals surface area contributed by atoms with Crippen LogP contribution in [0.2, 0.25) is 0 Å². The van der Waals surface area contributed by atoms with E-state index >= 15 is 0 Å². The van der Waals surface area contributed by atoms with Crippen molar-refractivity contribution in [1.29, 1.82) is 0 Å². The minimum atomic E-state index is -0.474. The maximum absolute atomic E-state index is 13.6. The molecule has 0 fully saturated rings. The number of rotatable bonds is 2. The summed E-state index contributed by atoms with van der Waals surface area (Å²) >= 11 is 3.28. The van der Waals surface area contributed by atoms with Crippen LogP contribution >= 0.6 is 15.9 Å². The van der Waals surface area contributed by atoms with Crippen LogP contribution in [-0.2, 0) is 0 Å². The fourth-order valence-corrected chi connectivity index (χ4v) is 2.06. The maximum atomic E-state index is 13.6. The SMILES string of the molecule is Cc1cc(F)c(C(Br)c2ccco2)cc1F. The van der Waals surface area contributed by atoms with Gasteiger partial charge in [0.05, 0.1) is 6.26 Å². The van der Waals surface area contributed by atoms with Gasteiger partial charge in [-0.2, -0.15) is 0 Å². The Labute approximate surface area is 100 Å². The first-order chi connectivity index (χ1) is 7.59. The molecule has 1 aromatic heterocycles. The lowest BCUT2D eigenvalue weighted by Crippen LogP contribution is -1.98. The second kappa shape index (κ2) is 4.37. The van der Waals surface area contributed by atoms with Gasteiger partial charge in [0, 0.05) is 5.56 Å². The van der Waals surface area contributed by atoms with E-state index in [0.29, 0.717) is 11.3 Å². The highest BCUT2D eigenvalue weighted by molar-refractivity contribution is 9.09. The Bertz CT molecular complexity index is 494. The monoisotopic (exact) mass is 286 g/mol. The Balaban J connectivity index is 2.44. The molecule has 0 amide bonds. The van der Waals surface area contributed by atoms with Crippen LogP contribution in [0, 0.1) is 18.6 Å². The second-order valence-electron chi connectivity index (χ2n) is 3.50. The molecule has 0 saturated carbocycles. The molecule has 1 heterocycles. The van der Waals surface area contributed by atoms with Gasteiger partial charge in [0.25, 0.3) is 0 Å². The van der Waals surface area contributed by atoms with Crippen LogP contribution in [0.25, 0.3) is 0 Å². The third-order valence-corrected chi connectivity index (χ3v) is 3.29. The van der Waals surface area contributed by atoms with Crippen molar-refractivity contribution in [2.24, 2.45) is 0 Å². The zero-order valence-electron chi connectivity index (χ0n) is 8.51. The van der Waals surface area contributed by atoms with Crippen molar-refractivity contribution < 1.29 is 13.2 Å². The Morgan fingerprint density at radius 2 is 2.00 bits per heavy atom. The number of alkyl halides is 1. The van der Waals surface area contributed by atoms with Crippen molar-refractivity contribution in [3.8, 4) is 0 Å². The number of hydrogen-bond acceptors (Lipinski definition) is 1. The Morgan fingerprint density at radius 3 is 2.62 bits per heavy atom. The van der Waals surface area contributed by atoms with Gasteiger partial charge in [0.2, 0.25) is 0 Å². The largest absolute Gasteiger partial charge is 0.468 e. The molecular weight excluding hydrogens is 278 g/mol. The van der Waals surface area contributed by atoms with Gasteiger partial charge in [-0.05, 0) is 36.8 Å². The molecule has 0 aliphatic heterocycles. The molecule has 0 bridgehead atoms. The van der Waals surface area contributed by atoms with Gasteiger partial charge in [-0.25, -0.2) is 8.78 Å². The third kappa shape index (κ3) is 2.02. The lowest BCUT2D eigenvalue weighted by molar-refractivity contribution is 0.511. The summed E-state index contributed by atoms with van der Waals surface area (Å²) in [6.07, 6.45) is 1.49. The van der Waals surface area contributed by atoms with Crippen molar-refractivity contribution in [2.45, 2.75) is 11.8 Å². The molecule has 4 heteroatoms. The van der Waals surface area contributed by atoms with Crippen LogP contribution in [0.4, 0.5) is 8.78 Å². The first-order valence-corrected chi connectivity index (χ1v) is 5.64. The van der Waals surface area contributed by atoms with Gasteiger partial charge in [0.15, 0.2) is 0 Å². The van der Waals surface area contributed by atoms with Crippen LogP contribution in [0.3, 0.4) is 0 Å². The molecule has 84 valence electrons. The molecule has 0 spiro atoms. The van der Waals surface area contributed by atoms with E-state index in [1.807, 2.05) is 0 Å². The lowest BCUT2D eigenvalue weighted by atomic mass is 10.1. The van der Waals surface area contributed by atoms with Gasteiger partial charge < -0.3 is 4.42 Å². The van der Waals surface area contributed by atoms with Crippen molar-refractivity contribution in [3.63, 3.8) is 0 Å². The third-order valence-electron chi connectivity index (χ3n) is 2.34. The van der Waals surface area contributed by atoms with E-state index in [1.54, 1.807) is 12.1 Å². The fourth-order valence-electron chi connectivity index (χ4n) is 1.44. The predicted molar refractivity (Wildman–Crippen MR) is 60.6 cm³/mol. The normalized spacial score (nSPS) is 12.8.